The van der Waals surface area contributed by atoms with Crippen LogP contribution in [0.5, 0.6) is 0 Å². The molecule has 0 bridgehead atoms. The second-order valence-electron chi connectivity index (χ2n) is 4.12. The highest BCUT2D eigenvalue weighted by molar-refractivity contribution is 5.87. The lowest BCUT2D eigenvalue weighted by molar-refractivity contribution is -0.120. The minimum Gasteiger partial charge on any atom is -0.464 e. The Kier molecular flexibility index (Phi) is 4.94. The van der Waals surface area contributed by atoms with Crippen molar-refractivity contribution in [2.24, 2.45) is 0 Å². The van der Waals surface area contributed by atoms with E-state index < -0.39 is 0 Å². The Morgan fingerprint density at radius 3 is 3.00 bits per heavy atom. The van der Waals surface area contributed by atoms with E-state index in [-0.39, 0.29) is 18.9 Å². The van der Waals surface area contributed by atoms with Crippen molar-refractivity contribution in [2.75, 3.05) is 26.4 Å². The zero-order valence-corrected chi connectivity index (χ0v) is 10.6. The van der Waals surface area contributed by atoms with Gasteiger partial charge in [-0.15, -0.1) is 0 Å². The van der Waals surface area contributed by atoms with Crippen LogP contribution in [0.4, 0.5) is 0 Å². The van der Waals surface area contributed by atoms with E-state index in [1.165, 1.54) is 0 Å². The number of para-hydroxylation sites is 1. The van der Waals surface area contributed by atoms with E-state index in [9.17, 15) is 4.79 Å². The Morgan fingerprint density at radius 1 is 1.32 bits per heavy atom. The average Bonchev–Trinajstić information content (AvgIpc) is 2.82. The maximum atomic E-state index is 11.7. The van der Waals surface area contributed by atoms with Crippen molar-refractivity contribution in [2.45, 2.75) is 6.42 Å². The first-order chi connectivity index (χ1) is 9.31. The molecule has 102 valence electrons. The number of carbonyl (C=O) groups is 1. The van der Waals surface area contributed by atoms with Crippen molar-refractivity contribution in [1.82, 2.24) is 5.32 Å². The van der Waals surface area contributed by atoms with E-state index in [4.69, 9.17) is 14.3 Å². The molecular weight excluding hydrogens is 246 g/mol. The fourth-order valence-corrected chi connectivity index (χ4v) is 1.83. The van der Waals surface area contributed by atoms with Gasteiger partial charge in [0.05, 0.1) is 32.5 Å². The summed E-state index contributed by atoms with van der Waals surface area (Å²) in [6.45, 7) is 1.13. The number of rotatable bonds is 7. The molecule has 0 unspecified atom stereocenters. The monoisotopic (exact) mass is 263 g/mol. The number of ether oxygens (including phenoxy) is 1. The predicted molar refractivity (Wildman–Crippen MR) is 70.8 cm³/mol. The molecule has 19 heavy (non-hydrogen) atoms. The van der Waals surface area contributed by atoms with Crippen molar-refractivity contribution in [3.05, 3.63) is 36.1 Å². The van der Waals surface area contributed by atoms with E-state index in [1.54, 1.807) is 6.26 Å². The van der Waals surface area contributed by atoms with Crippen LogP contribution in [0.25, 0.3) is 11.0 Å². The minimum absolute atomic E-state index is 0.00500. The Hall–Kier alpha value is -1.85. The van der Waals surface area contributed by atoms with Crippen LogP contribution in [0.15, 0.2) is 34.9 Å². The van der Waals surface area contributed by atoms with Gasteiger partial charge in [-0.1, -0.05) is 18.2 Å². The van der Waals surface area contributed by atoms with Gasteiger partial charge in [0.15, 0.2) is 0 Å². The molecule has 0 atom stereocenters. The number of aliphatic hydroxyl groups excluding tert-OH is 1. The minimum atomic E-state index is -0.0702. The Bertz CT molecular complexity index is 535. The van der Waals surface area contributed by atoms with Gasteiger partial charge in [-0.05, 0) is 6.07 Å². The van der Waals surface area contributed by atoms with Gasteiger partial charge < -0.3 is 19.6 Å². The van der Waals surface area contributed by atoms with Gasteiger partial charge in [-0.3, -0.25) is 4.79 Å². The van der Waals surface area contributed by atoms with E-state index in [0.717, 1.165) is 16.5 Å². The summed E-state index contributed by atoms with van der Waals surface area (Å²) in [6.07, 6.45) is 1.91. The number of hydrogen-bond acceptors (Lipinski definition) is 4. The highest BCUT2D eigenvalue weighted by Gasteiger charge is 2.09. The molecule has 0 spiro atoms. The molecule has 2 rings (SSSR count). The van der Waals surface area contributed by atoms with Crippen molar-refractivity contribution < 1.29 is 19.1 Å². The molecule has 0 saturated carbocycles. The molecule has 2 aromatic rings. The Balaban J connectivity index is 1.82. The Morgan fingerprint density at radius 2 is 2.16 bits per heavy atom. The van der Waals surface area contributed by atoms with Crippen molar-refractivity contribution in [3.8, 4) is 0 Å². The molecule has 0 aliphatic carbocycles. The standard InChI is InChI=1S/C14H17NO4/c16-6-8-18-7-5-15-14(17)9-11-10-19-13-4-2-1-3-12(11)13/h1-4,10,16H,5-9H2,(H,15,17). The lowest BCUT2D eigenvalue weighted by Crippen LogP contribution is -2.28. The maximum absolute atomic E-state index is 11.7. The molecule has 0 aliphatic heterocycles. The largest absolute Gasteiger partial charge is 0.464 e. The molecule has 1 amide bonds. The highest BCUT2D eigenvalue weighted by Crippen LogP contribution is 2.20. The zero-order valence-electron chi connectivity index (χ0n) is 10.6. The van der Waals surface area contributed by atoms with Crippen molar-refractivity contribution in [1.29, 1.82) is 0 Å². The predicted octanol–water partition coefficient (Wildman–Crippen LogP) is 1.10. The third-order valence-electron chi connectivity index (χ3n) is 2.72. The molecule has 0 aliphatic rings. The first-order valence-corrected chi connectivity index (χ1v) is 6.21. The average molecular weight is 263 g/mol. The molecule has 5 nitrogen and oxygen atoms in total. The van der Waals surface area contributed by atoms with Crippen LogP contribution in [-0.2, 0) is 16.0 Å². The number of carbonyl (C=O) groups excluding carboxylic acids is 1. The zero-order chi connectivity index (χ0) is 13.5. The fourth-order valence-electron chi connectivity index (χ4n) is 1.83. The van der Waals surface area contributed by atoms with Gasteiger partial charge in [0.2, 0.25) is 5.91 Å². The van der Waals surface area contributed by atoms with E-state index in [0.29, 0.717) is 19.8 Å². The fraction of sp³-hybridized carbons (Fsp3) is 0.357. The number of hydrogen-bond donors (Lipinski definition) is 2. The van der Waals surface area contributed by atoms with Gasteiger partial charge in [0.25, 0.3) is 0 Å². The summed E-state index contributed by atoms with van der Waals surface area (Å²) in [5.74, 6) is -0.0702. The quantitative estimate of drug-likeness (QED) is 0.734. The Labute approximate surface area is 111 Å². The van der Waals surface area contributed by atoms with Crippen LogP contribution in [0.1, 0.15) is 5.56 Å². The van der Waals surface area contributed by atoms with E-state index in [1.807, 2.05) is 24.3 Å². The molecule has 0 radical (unpaired) electrons. The summed E-state index contributed by atoms with van der Waals surface area (Å²) >= 11 is 0. The molecular formula is C14H17NO4. The summed E-state index contributed by atoms with van der Waals surface area (Å²) in [5, 5.41) is 12.2. The molecule has 1 aromatic heterocycles. The summed E-state index contributed by atoms with van der Waals surface area (Å²) in [4.78, 5) is 11.7. The molecule has 5 heteroatoms. The second kappa shape index (κ2) is 6.92. The van der Waals surface area contributed by atoms with Gasteiger partial charge >= 0.3 is 0 Å². The smallest absolute Gasteiger partial charge is 0.224 e. The van der Waals surface area contributed by atoms with Gasteiger partial charge in [0.1, 0.15) is 5.58 Å². The normalized spacial score (nSPS) is 10.8. The third-order valence-corrected chi connectivity index (χ3v) is 2.72. The molecule has 2 N–H and O–H groups in total. The summed E-state index contributed by atoms with van der Waals surface area (Å²) in [6, 6.07) is 7.63. The summed E-state index contributed by atoms with van der Waals surface area (Å²) < 4.78 is 10.4. The topological polar surface area (TPSA) is 71.7 Å². The number of aliphatic hydroxyl groups is 1. The molecule has 0 fully saturated rings. The molecule has 1 aromatic carbocycles. The molecule has 1 heterocycles. The van der Waals surface area contributed by atoms with Crippen LogP contribution >= 0.6 is 0 Å². The third kappa shape index (κ3) is 3.81. The number of benzene rings is 1. The number of nitrogens with one attached hydrogen (secondary N) is 1. The first-order valence-electron chi connectivity index (χ1n) is 6.21. The first kappa shape index (κ1) is 13.6. The summed E-state index contributed by atoms with van der Waals surface area (Å²) in [5.41, 5.74) is 1.67. The van der Waals surface area contributed by atoms with Gasteiger partial charge in [-0.2, -0.15) is 0 Å². The van der Waals surface area contributed by atoms with Crippen LogP contribution in [-0.4, -0.2) is 37.4 Å². The highest BCUT2D eigenvalue weighted by atomic mass is 16.5. The second-order valence-corrected chi connectivity index (χ2v) is 4.12. The lowest BCUT2D eigenvalue weighted by Gasteiger charge is -2.04. The number of furan rings is 1. The van der Waals surface area contributed by atoms with Crippen molar-refractivity contribution in [3.63, 3.8) is 0 Å². The van der Waals surface area contributed by atoms with Crippen LogP contribution < -0.4 is 5.32 Å². The molecule has 0 saturated heterocycles. The van der Waals surface area contributed by atoms with E-state index in [2.05, 4.69) is 5.32 Å². The van der Waals surface area contributed by atoms with Crippen LogP contribution in [0, 0.1) is 0 Å². The number of amides is 1. The lowest BCUT2D eigenvalue weighted by atomic mass is 10.1. The van der Waals surface area contributed by atoms with Crippen LogP contribution in [0.2, 0.25) is 0 Å². The SMILES string of the molecule is O=C(Cc1coc2ccccc12)NCCOCCO. The van der Waals surface area contributed by atoms with E-state index >= 15 is 0 Å². The van der Waals surface area contributed by atoms with Gasteiger partial charge in [0, 0.05) is 17.5 Å². The number of fused-ring (bicyclic) bond motifs is 1. The van der Waals surface area contributed by atoms with Crippen LogP contribution in [0.3, 0.4) is 0 Å². The maximum Gasteiger partial charge on any atom is 0.224 e. The van der Waals surface area contributed by atoms with Crippen molar-refractivity contribution >= 4 is 16.9 Å². The van der Waals surface area contributed by atoms with Gasteiger partial charge in [-0.25, -0.2) is 0 Å². The summed E-state index contributed by atoms with van der Waals surface area (Å²) in [7, 11) is 0.